The van der Waals surface area contributed by atoms with Crippen molar-refractivity contribution in [3.05, 3.63) is 22.7 Å². The highest BCUT2D eigenvalue weighted by molar-refractivity contribution is 9.10. The predicted octanol–water partition coefficient (Wildman–Crippen LogP) is 3.52. The van der Waals surface area contributed by atoms with Gasteiger partial charge in [0.15, 0.2) is 0 Å². The molecule has 84 valence electrons. The Labute approximate surface area is 95.8 Å². The Morgan fingerprint density at radius 1 is 1.40 bits per heavy atom. The highest BCUT2D eigenvalue weighted by Gasteiger charge is 2.14. The monoisotopic (exact) mass is 279 g/mol. The molecule has 0 aliphatic rings. The lowest BCUT2D eigenvalue weighted by molar-refractivity contribution is 0.130. The second-order valence-corrected chi connectivity index (χ2v) is 3.97. The van der Waals surface area contributed by atoms with Crippen molar-refractivity contribution in [1.82, 2.24) is 0 Å². The Morgan fingerprint density at radius 2 is 2.07 bits per heavy atom. The summed E-state index contributed by atoms with van der Waals surface area (Å²) >= 11 is 3.28. The zero-order chi connectivity index (χ0) is 11.4. The Kier molecular flexibility index (Phi) is 4.32. The van der Waals surface area contributed by atoms with E-state index in [9.17, 15) is 8.78 Å². The summed E-state index contributed by atoms with van der Waals surface area (Å²) in [5.41, 5.74) is 0.614. The van der Waals surface area contributed by atoms with Gasteiger partial charge in [0.05, 0.1) is 17.6 Å². The number of methoxy groups -OCH3 is 1. The fourth-order valence-corrected chi connectivity index (χ4v) is 1.48. The molecular weight excluding hydrogens is 268 g/mol. The molecule has 0 spiro atoms. The van der Waals surface area contributed by atoms with Gasteiger partial charge in [0.1, 0.15) is 5.75 Å². The van der Waals surface area contributed by atoms with Gasteiger partial charge in [-0.3, -0.25) is 0 Å². The molecule has 0 aliphatic carbocycles. The molecule has 1 unspecified atom stereocenters. The van der Waals surface area contributed by atoms with E-state index >= 15 is 0 Å². The predicted molar refractivity (Wildman–Crippen MR) is 59.8 cm³/mol. The standard InChI is InChI=1S/C10H12BrF2NO/c1-6(10(12)13)14-7-3-4-8(11)9(5-7)15-2/h3-6,10,14H,1-2H3. The molecule has 0 aromatic heterocycles. The zero-order valence-corrected chi connectivity index (χ0v) is 10.0. The largest absolute Gasteiger partial charge is 0.495 e. The summed E-state index contributed by atoms with van der Waals surface area (Å²) in [6.07, 6.45) is -2.39. The Hall–Kier alpha value is -0.840. The van der Waals surface area contributed by atoms with Gasteiger partial charge in [0.25, 0.3) is 6.43 Å². The van der Waals surface area contributed by atoms with Gasteiger partial charge in [-0.2, -0.15) is 0 Å². The van der Waals surface area contributed by atoms with Gasteiger partial charge in [-0.1, -0.05) is 0 Å². The highest BCUT2D eigenvalue weighted by atomic mass is 79.9. The van der Waals surface area contributed by atoms with Crippen LogP contribution in [-0.4, -0.2) is 19.6 Å². The molecule has 0 radical (unpaired) electrons. The summed E-state index contributed by atoms with van der Waals surface area (Å²) < 4.78 is 30.4. The molecular formula is C10H12BrF2NO. The van der Waals surface area contributed by atoms with E-state index in [0.29, 0.717) is 11.4 Å². The maximum atomic E-state index is 12.3. The third-order valence-corrected chi connectivity index (χ3v) is 2.58. The molecule has 1 rings (SSSR count). The highest BCUT2D eigenvalue weighted by Crippen LogP contribution is 2.28. The maximum absolute atomic E-state index is 12.3. The van der Waals surface area contributed by atoms with Crippen molar-refractivity contribution in [3.63, 3.8) is 0 Å². The first-order valence-corrected chi connectivity index (χ1v) is 5.22. The first-order valence-electron chi connectivity index (χ1n) is 4.43. The van der Waals surface area contributed by atoms with E-state index in [1.807, 2.05) is 0 Å². The van der Waals surface area contributed by atoms with E-state index < -0.39 is 12.5 Å². The van der Waals surface area contributed by atoms with Gasteiger partial charge >= 0.3 is 0 Å². The molecule has 5 heteroatoms. The van der Waals surface area contributed by atoms with Crippen molar-refractivity contribution in [3.8, 4) is 5.75 Å². The summed E-state index contributed by atoms with van der Waals surface area (Å²) in [4.78, 5) is 0. The van der Waals surface area contributed by atoms with Crippen LogP contribution in [-0.2, 0) is 0 Å². The van der Waals surface area contributed by atoms with E-state index in [4.69, 9.17) is 4.74 Å². The lowest BCUT2D eigenvalue weighted by Gasteiger charge is -2.15. The summed E-state index contributed by atoms with van der Waals surface area (Å²) in [5, 5.41) is 2.69. The second kappa shape index (κ2) is 5.30. The molecule has 0 heterocycles. The van der Waals surface area contributed by atoms with E-state index in [1.54, 1.807) is 18.2 Å². The third kappa shape index (κ3) is 3.34. The molecule has 1 N–H and O–H groups in total. The van der Waals surface area contributed by atoms with Crippen LogP contribution in [0.1, 0.15) is 6.92 Å². The van der Waals surface area contributed by atoms with Crippen LogP contribution in [0.25, 0.3) is 0 Å². The topological polar surface area (TPSA) is 21.3 Å². The van der Waals surface area contributed by atoms with Crippen LogP contribution in [0.3, 0.4) is 0 Å². The normalized spacial score (nSPS) is 12.7. The molecule has 1 atom stereocenters. The van der Waals surface area contributed by atoms with Crippen molar-refractivity contribution >= 4 is 21.6 Å². The lowest BCUT2D eigenvalue weighted by atomic mass is 10.2. The number of alkyl halides is 2. The summed E-state index contributed by atoms with van der Waals surface area (Å²) in [5.74, 6) is 0.612. The van der Waals surface area contributed by atoms with Crippen LogP contribution in [0.4, 0.5) is 14.5 Å². The SMILES string of the molecule is COc1cc(NC(C)C(F)F)ccc1Br. The molecule has 1 aromatic rings. The van der Waals surface area contributed by atoms with Gasteiger partial charge < -0.3 is 10.1 Å². The van der Waals surface area contributed by atoms with Gasteiger partial charge in [-0.15, -0.1) is 0 Å². The molecule has 0 aliphatic heterocycles. The van der Waals surface area contributed by atoms with Crippen molar-refractivity contribution in [2.45, 2.75) is 19.4 Å². The van der Waals surface area contributed by atoms with Gasteiger partial charge in [-0.05, 0) is 35.0 Å². The second-order valence-electron chi connectivity index (χ2n) is 3.12. The van der Waals surface area contributed by atoms with Gasteiger partial charge in [-0.25, -0.2) is 8.78 Å². The summed E-state index contributed by atoms with van der Waals surface area (Å²) in [6.45, 7) is 1.43. The molecule has 15 heavy (non-hydrogen) atoms. The minimum Gasteiger partial charge on any atom is -0.495 e. The molecule has 0 bridgehead atoms. The number of ether oxygens (including phenoxy) is 1. The van der Waals surface area contributed by atoms with Gasteiger partial charge in [0, 0.05) is 11.8 Å². The van der Waals surface area contributed by atoms with Crippen molar-refractivity contribution in [1.29, 1.82) is 0 Å². The van der Waals surface area contributed by atoms with Crippen LogP contribution >= 0.6 is 15.9 Å². The average molecular weight is 280 g/mol. The molecule has 0 amide bonds. The third-order valence-electron chi connectivity index (χ3n) is 1.92. The van der Waals surface area contributed by atoms with Crippen LogP contribution < -0.4 is 10.1 Å². The van der Waals surface area contributed by atoms with Crippen LogP contribution in [0, 0.1) is 0 Å². The lowest BCUT2D eigenvalue weighted by Crippen LogP contribution is -2.23. The fraction of sp³-hybridized carbons (Fsp3) is 0.400. The Bertz CT molecular complexity index is 333. The van der Waals surface area contributed by atoms with Crippen molar-refractivity contribution in [2.75, 3.05) is 12.4 Å². The number of benzene rings is 1. The van der Waals surface area contributed by atoms with Crippen LogP contribution in [0.5, 0.6) is 5.75 Å². The maximum Gasteiger partial charge on any atom is 0.258 e. The molecule has 0 fully saturated rings. The zero-order valence-electron chi connectivity index (χ0n) is 8.43. The van der Waals surface area contributed by atoms with E-state index in [0.717, 1.165) is 4.47 Å². The molecule has 0 saturated heterocycles. The van der Waals surface area contributed by atoms with E-state index in [1.165, 1.54) is 14.0 Å². The summed E-state index contributed by atoms with van der Waals surface area (Å²) in [6, 6.07) is 4.25. The van der Waals surface area contributed by atoms with Gasteiger partial charge in [0.2, 0.25) is 0 Å². The average Bonchev–Trinajstić information content (AvgIpc) is 2.20. The summed E-state index contributed by atoms with van der Waals surface area (Å²) in [7, 11) is 1.53. The van der Waals surface area contributed by atoms with Crippen LogP contribution in [0.15, 0.2) is 22.7 Å². The number of nitrogens with one attached hydrogen (secondary N) is 1. The van der Waals surface area contributed by atoms with Crippen molar-refractivity contribution < 1.29 is 13.5 Å². The molecule has 2 nitrogen and oxygen atoms in total. The molecule has 0 saturated carbocycles. The number of hydrogen-bond donors (Lipinski definition) is 1. The fourth-order valence-electron chi connectivity index (χ4n) is 1.08. The quantitative estimate of drug-likeness (QED) is 0.911. The minimum atomic E-state index is -2.39. The first kappa shape index (κ1) is 12.2. The Balaban J connectivity index is 2.78. The first-order chi connectivity index (χ1) is 7.04. The number of hydrogen-bond acceptors (Lipinski definition) is 2. The smallest absolute Gasteiger partial charge is 0.258 e. The van der Waals surface area contributed by atoms with Crippen LogP contribution in [0.2, 0.25) is 0 Å². The van der Waals surface area contributed by atoms with E-state index in [2.05, 4.69) is 21.2 Å². The van der Waals surface area contributed by atoms with E-state index in [-0.39, 0.29) is 0 Å². The number of anilines is 1. The minimum absolute atomic E-state index is 0.612. The number of rotatable bonds is 4. The molecule has 1 aromatic carbocycles. The Morgan fingerprint density at radius 3 is 2.60 bits per heavy atom. The number of halogens is 3. The van der Waals surface area contributed by atoms with Crippen molar-refractivity contribution in [2.24, 2.45) is 0 Å².